The van der Waals surface area contributed by atoms with Crippen LogP contribution < -0.4 is 0 Å². The third-order valence-corrected chi connectivity index (χ3v) is 2.52. The molecule has 1 rings (SSSR count). The van der Waals surface area contributed by atoms with E-state index in [1.165, 1.54) is 6.42 Å². The Bertz CT molecular complexity index is 104. The Balaban J connectivity index is 2.49. The van der Waals surface area contributed by atoms with E-state index in [0.717, 1.165) is 6.42 Å². The molecule has 2 heteroatoms. The minimum atomic E-state index is -0.209. The molecule has 0 aromatic heterocycles. The van der Waals surface area contributed by atoms with Crippen molar-refractivity contribution >= 4 is 0 Å². The van der Waals surface area contributed by atoms with Gasteiger partial charge in [-0.2, -0.15) is 0 Å². The van der Waals surface area contributed by atoms with E-state index in [1.54, 1.807) is 0 Å². The maximum absolute atomic E-state index is 9.44. The van der Waals surface area contributed by atoms with Crippen molar-refractivity contribution in [3.05, 3.63) is 0 Å². The third-order valence-electron chi connectivity index (χ3n) is 2.52. The number of rotatable bonds is 0. The van der Waals surface area contributed by atoms with E-state index >= 15 is 0 Å². The van der Waals surface area contributed by atoms with Crippen molar-refractivity contribution in [3.8, 4) is 0 Å². The normalized spacial score (nSPS) is 43.8. The molecule has 1 N–H and O–H groups in total. The van der Waals surface area contributed by atoms with E-state index in [2.05, 4.69) is 13.8 Å². The molecule has 0 spiro atoms. The summed E-state index contributed by atoms with van der Waals surface area (Å²) >= 11 is 0. The van der Waals surface area contributed by atoms with Crippen molar-refractivity contribution in [3.63, 3.8) is 0 Å². The second kappa shape index (κ2) is 2.89. The standard InChI is InChI=1S/C8H17NO/c1-6-4-7(2)9(3)8(10)5-6/h6-8,10H,4-5H2,1-3H3/t6-,7+,8+/m1/s1. The van der Waals surface area contributed by atoms with Crippen LogP contribution in [-0.2, 0) is 0 Å². The molecule has 0 aromatic rings. The Labute approximate surface area is 62.8 Å². The molecule has 1 saturated heterocycles. The van der Waals surface area contributed by atoms with Crippen LogP contribution in [0, 0.1) is 5.92 Å². The third kappa shape index (κ3) is 1.50. The van der Waals surface area contributed by atoms with Gasteiger partial charge in [0.15, 0.2) is 0 Å². The molecule has 0 amide bonds. The van der Waals surface area contributed by atoms with Gasteiger partial charge in [-0.05, 0) is 32.7 Å². The van der Waals surface area contributed by atoms with E-state index in [1.807, 2.05) is 11.9 Å². The first-order valence-electron chi connectivity index (χ1n) is 4.01. The van der Waals surface area contributed by atoms with Crippen LogP contribution in [0.3, 0.4) is 0 Å². The fourth-order valence-electron chi connectivity index (χ4n) is 1.66. The van der Waals surface area contributed by atoms with Gasteiger partial charge < -0.3 is 5.11 Å². The summed E-state index contributed by atoms with van der Waals surface area (Å²) in [6, 6.07) is 0.541. The Hall–Kier alpha value is -0.0800. The maximum Gasteiger partial charge on any atom is 0.107 e. The van der Waals surface area contributed by atoms with Crippen molar-refractivity contribution in [2.75, 3.05) is 7.05 Å². The van der Waals surface area contributed by atoms with Crippen LogP contribution in [0.25, 0.3) is 0 Å². The minimum absolute atomic E-state index is 0.209. The number of hydrogen-bond donors (Lipinski definition) is 1. The number of aliphatic hydroxyl groups is 1. The smallest absolute Gasteiger partial charge is 0.107 e. The minimum Gasteiger partial charge on any atom is -0.378 e. The van der Waals surface area contributed by atoms with Gasteiger partial charge in [0, 0.05) is 6.04 Å². The van der Waals surface area contributed by atoms with Gasteiger partial charge >= 0.3 is 0 Å². The van der Waals surface area contributed by atoms with Crippen LogP contribution in [0.15, 0.2) is 0 Å². The lowest BCUT2D eigenvalue weighted by Gasteiger charge is -2.37. The van der Waals surface area contributed by atoms with Gasteiger partial charge in [0.05, 0.1) is 0 Å². The number of piperidine rings is 1. The Kier molecular flexibility index (Phi) is 2.32. The van der Waals surface area contributed by atoms with Crippen LogP contribution in [0.5, 0.6) is 0 Å². The highest BCUT2D eigenvalue weighted by molar-refractivity contribution is 4.76. The second-order valence-electron chi connectivity index (χ2n) is 3.57. The molecule has 60 valence electrons. The molecule has 2 nitrogen and oxygen atoms in total. The second-order valence-corrected chi connectivity index (χ2v) is 3.57. The predicted octanol–water partition coefficient (Wildman–Crippen LogP) is 1.05. The van der Waals surface area contributed by atoms with E-state index in [9.17, 15) is 5.11 Å². The molecule has 0 bridgehead atoms. The fourth-order valence-corrected chi connectivity index (χ4v) is 1.66. The molecular weight excluding hydrogens is 126 g/mol. The molecule has 1 fully saturated rings. The Morgan fingerprint density at radius 3 is 2.40 bits per heavy atom. The predicted molar refractivity (Wildman–Crippen MR) is 41.6 cm³/mol. The number of aliphatic hydroxyl groups excluding tert-OH is 1. The van der Waals surface area contributed by atoms with Crippen molar-refractivity contribution in [2.24, 2.45) is 5.92 Å². The van der Waals surface area contributed by atoms with Crippen LogP contribution in [0.4, 0.5) is 0 Å². The zero-order valence-corrected chi connectivity index (χ0v) is 7.04. The van der Waals surface area contributed by atoms with Crippen molar-refractivity contribution in [2.45, 2.75) is 39.0 Å². The van der Waals surface area contributed by atoms with E-state index in [4.69, 9.17) is 0 Å². The lowest BCUT2D eigenvalue weighted by atomic mass is 9.93. The van der Waals surface area contributed by atoms with Gasteiger partial charge in [0.2, 0.25) is 0 Å². The van der Waals surface area contributed by atoms with Gasteiger partial charge in [-0.15, -0.1) is 0 Å². The van der Waals surface area contributed by atoms with Crippen LogP contribution in [0.2, 0.25) is 0 Å². The molecule has 0 radical (unpaired) electrons. The zero-order chi connectivity index (χ0) is 7.72. The molecule has 0 saturated carbocycles. The highest BCUT2D eigenvalue weighted by atomic mass is 16.3. The fraction of sp³-hybridized carbons (Fsp3) is 1.00. The topological polar surface area (TPSA) is 23.5 Å². The first-order valence-corrected chi connectivity index (χ1v) is 4.01. The molecule has 1 heterocycles. The summed E-state index contributed by atoms with van der Waals surface area (Å²) in [5.41, 5.74) is 0. The summed E-state index contributed by atoms with van der Waals surface area (Å²) in [6.45, 7) is 4.37. The van der Waals surface area contributed by atoms with Crippen molar-refractivity contribution in [1.82, 2.24) is 4.90 Å². The molecule has 10 heavy (non-hydrogen) atoms. The van der Waals surface area contributed by atoms with Crippen LogP contribution in [-0.4, -0.2) is 29.3 Å². The molecule has 1 aliphatic heterocycles. The van der Waals surface area contributed by atoms with E-state index in [0.29, 0.717) is 12.0 Å². The summed E-state index contributed by atoms with van der Waals surface area (Å²) in [7, 11) is 1.99. The number of likely N-dealkylation sites (tertiary alicyclic amines) is 1. The van der Waals surface area contributed by atoms with Gasteiger partial charge in [-0.25, -0.2) is 0 Å². The summed E-state index contributed by atoms with van der Waals surface area (Å²) in [4.78, 5) is 2.04. The molecule has 1 aliphatic rings. The van der Waals surface area contributed by atoms with Gasteiger partial charge in [0.25, 0.3) is 0 Å². The Morgan fingerprint density at radius 2 is 1.90 bits per heavy atom. The van der Waals surface area contributed by atoms with E-state index in [-0.39, 0.29) is 6.23 Å². The largest absolute Gasteiger partial charge is 0.378 e. The lowest BCUT2D eigenvalue weighted by molar-refractivity contribution is -0.0504. The van der Waals surface area contributed by atoms with Gasteiger partial charge in [-0.1, -0.05) is 6.92 Å². The zero-order valence-electron chi connectivity index (χ0n) is 7.04. The first kappa shape index (κ1) is 8.02. The van der Waals surface area contributed by atoms with Crippen molar-refractivity contribution < 1.29 is 5.11 Å². The first-order chi connectivity index (χ1) is 4.61. The molecule has 0 aliphatic carbocycles. The molecule has 3 atom stereocenters. The molecular formula is C8H17NO. The highest BCUT2D eigenvalue weighted by Crippen LogP contribution is 2.24. The van der Waals surface area contributed by atoms with E-state index < -0.39 is 0 Å². The highest BCUT2D eigenvalue weighted by Gasteiger charge is 2.26. The van der Waals surface area contributed by atoms with Gasteiger partial charge in [-0.3, -0.25) is 4.90 Å². The quantitative estimate of drug-likeness (QED) is 0.548. The average molecular weight is 143 g/mol. The molecule has 0 aromatic carbocycles. The van der Waals surface area contributed by atoms with Crippen molar-refractivity contribution in [1.29, 1.82) is 0 Å². The van der Waals surface area contributed by atoms with Crippen LogP contribution >= 0.6 is 0 Å². The average Bonchev–Trinajstić information content (AvgIpc) is 1.82. The summed E-state index contributed by atoms with van der Waals surface area (Å²) in [5, 5.41) is 9.44. The molecule has 0 unspecified atom stereocenters. The maximum atomic E-state index is 9.44. The lowest BCUT2D eigenvalue weighted by Crippen LogP contribution is -2.44. The van der Waals surface area contributed by atoms with Gasteiger partial charge in [0.1, 0.15) is 6.23 Å². The van der Waals surface area contributed by atoms with Crippen LogP contribution in [0.1, 0.15) is 26.7 Å². The Morgan fingerprint density at radius 1 is 1.30 bits per heavy atom. The summed E-state index contributed by atoms with van der Waals surface area (Å²) in [6.07, 6.45) is 1.94. The summed E-state index contributed by atoms with van der Waals surface area (Å²) < 4.78 is 0. The number of nitrogens with zero attached hydrogens (tertiary/aromatic N) is 1. The SMILES string of the molecule is C[C@@H]1C[C@H](C)N(C)[C@@H](O)C1. The monoisotopic (exact) mass is 143 g/mol. The number of hydrogen-bond acceptors (Lipinski definition) is 2. The summed E-state index contributed by atoms with van der Waals surface area (Å²) in [5.74, 6) is 0.682.